The Labute approximate surface area is 231 Å². The lowest BCUT2D eigenvalue weighted by Gasteiger charge is -2.62. The minimum absolute atomic E-state index is 0.189. The van der Waals surface area contributed by atoms with Crippen LogP contribution >= 0.6 is 18.5 Å². The van der Waals surface area contributed by atoms with Crippen LogP contribution in [0.4, 0.5) is 0 Å². The Morgan fingerprint density at radius 1 is 0.711 bits per heavy atom. The maximum atomic E-state index is 4.60. The van der Waals surface area contributed by atoms with Crippen molar-refractivity contribution >= 4 is 18.5 Å². The Balaban J connectivity index is 1.52. The van der Waals surface area contributed by atoms with Crippen LogP contribution < -0.4 is 0 Å². The third-order valence-corrected chi connectivity index (χ3v) is 11.9. The van der Waals surface area contributed by atoms with Crippen LogP contribution in [0.3, 0.4) is 0 Å². The highest BCUT2D eigenvalue weighted by Crippen LogP contribution is 2.65. The molecule has 2 nitrogen and oxygen atoms in total. The molecule has 4 fully saturated rings. The number of hydrogen-bond acceptors (Lipinski definition) is 2. The summed E-state index contributed by atoms with van der Waals surface area (Å²) in [5, 5.41) is -0.454. The van der Waals surface area contributed by atoms with E-state index in [4.69, 9.17) is 0 Å². The van der Waals surface area contributed by atoms with Crippen LogP contribution in [0.1, 0.15) is 54.4 Å². The van der Waals surface area contributed by atoms with Crippen molar-refractivity contribution in [2.75, 3.05) is 6.16 Å². The molecular weight excluding hydrogens is 498 g/mol. The fourth-order valence-electron chi connectivity index (χ4n) is 8.66. The summed E-state index contributed by atoms with van der Waals surface area (Å²) in [7, 11) is 6.50. The Kier molecular flexibility index (Phi) is 6.26. The van der Waals surface area contributed by atoms with Gasteiger partial charge in [0.2, 0.25) is 0 Å². The van der Waals surface area contributed by atoms with E-state index >= 15 is 0 Å². The Morgan fingerprint density at radius 3 is 1.84 bits per heavy atom. The van der Waals surface area contributed by atoms with Crippen LogP contribution in [0.2, 0.25) is 0 Å². The van der Waals surface area contributed by atoms with Crippen LogP contribution in [0.25, 0.3) is 11.1 Å². The van der Waals surface area contributed by atoms with Gasteiger partial charge in [-0.15, -0.1) is 18.5 Å². The van der Waals surface area contributed by atoms with E-state index in [1.807, 2.05) is 24.8 Å². The Bertz CT molecular complexity index is 1350. The molecule has 2 aromatic carbocycles. The van der Waals surface area contributed by atoms with Gasteiger partial charge in [-0.05, 0) is 114 Å². The van der Waals surface area contributed by atoms with Crippen LogP contribution in [0.5, 0.6) is 0 Å². The molecule has 0 saturated heterocycles. The quantitative estimate of drug-likeness (QED) is 0.235. The van der Waals surface area contributed by atoms with E-state index < -0.39 is 5.16 Å². The maximum absolute atomic E-state index is 4.60. The highest BCUT2D eigenvalue weighted by Gasteiger charge is 2.58. The predicted octanol–water partition coefficient (Wildman–Crippen LogP) is 7.88. The monoisotopic (exact) mass is 534 g/mol. The summed E-state index contributed by atoms with van der Waals surface area (Å²) in [5.41, 5.74) is 8.03. The second-order valence-corrected chi connectivity index (χ2v) is 13.2. The van der Waals surface area contributed by atoms with Gasteiger partial charge in [-0.2, -0.15) is 0 Å². The molecule has 38 heavy (non-hydrogen) atoms. The van der Waals surface area contributed by atoms with Crippen molar-refractivity contribution in [3.8, 4) is 11.1 Å². The molecule has 4 aliphatic rings. The number of rotatable bonds is 6. The number of pyridine rings is 2. The van der Waals surface area contributed by atoms with Crippen molar-refractivity contribution < 1.29 is 0 Å². The van der Waals surface area contributed by atoms with Gasteiger partial charge in [0.25, 0.3) is 0 Å². The molecule has 2 atom stereocenters. The van der Waals surface area contributed by atoms with E-state index in [1.165, 1.54) is 59.9 Å². The fourth-order valence-corrected chi connectivity index (χ4v) is 10.1. The van der Waals surface area contributed by atoms with Gasteiger partial charge in [0.1, 0.15) is 0 Å². The first-order valence-electron chi connectivity index (χ1n) is 14.1. The molecule has 4 saturated carbocycles. The lowest BCUT2D eigenvalue weighted by atomic mass is 9.43. The second-order valence-electron chi connectivity index (χ2n) is 12.0. The molecular formula is C34H36N2P2. The molecule has 4 aliphatic carbocycles. The highest BCUT2D eigenvalue weighted by atomic mass is 31.0. The molecule has 4 aromatic rings. The van der Waals surface area contributed by atoms with Crippen molar-refractivity contribution in [3.63, 3.8) is 0 Å². The van der Waals surface area contributed by atoms with Crippen molar-refractivity contribution in [1.82, 2.24) is 9.97 Å². The first kappa shape index (κ1) is 24.6. The average molecular weight is 535 g/mol. The minimum Gasteiger partial charge on any atom is -0.264 e. The number of benzene rings is 2. The summed E-state index contributed by atoms with van der Waals surface area (Å²) in [5.74, 6) is 3.39. The predicted molar refractivity (Wildman–Crippen MR) is 163 cm³/mol. The summed E-state index contributed by atoms with van der Waals surface area (Å²) < 4.78 is 0. The first-order valence-corrected chi connectivity index (χ1v) is 15.5. The van der Waals surface area contributed by atoms with Crippen LogP contribution in [-0.2, 0) is 10.6 Å². The number of aromatic nitrogens is 2. The van der Waals surface area contributed by atoms with Gasteiger partial charge in [-0.25, -0.2) is 0 Å². The molecule has 0 N–H and O–H groups in total. The molecule has 0 amide bonds. The molecule has 2 aromatic heterocycles. The second kappa shape index (κ2) is 9.66. The summed E-state index contributed by atoms with van der Waals surface area (Å²) in [6, 6.07) is 26.8. The molecule has 4 bridgehead atoms. The standard InChI is InChI=1S/C34H36N2P2/c37-22-33(29-15-23-14-24(17-29)18-30(33)16-23)31-11-10-26(25-6-2-1-3-7-25)19-32(31)34(38,27-8-4-12-35-20-27)28-9-5-13-36-21-28/h1-13,19-21,23-24,29-30H,14-18,22,37-38H2. The topological polar surface area (TPSA) is 25.8 Å². The van der Waals surface area contributed by atoms with Crippen LogP contribution in [0, 0.1) is 23.7 Å². The van der Waals surface area contributed by atoms with Crippen LogP contribution in [0.15, 0.2) is 97.6 Å². The zero-order valence-corrected chi connectivity index (χ0v) is 24.1. The summed E-state index contributed by atoms with van der Waals surface area (Å²) in [6.45, 7) is 0. The van der Waals surface area contributed by atoms with Gasteiger partial charge in [-0.1, -0.05) is 54.6 Å². The van der Waals surface area contributed by atoms with Gasteiger partial charge in [-0.3, -0.25) is 9.97 Å². The SMILES string of the molecule is PCC1(c2ccc(-c3ccccc3)cc2C(P)(c2cccnc2)c2cccnc2)C2CC3CC(C2)CC1C3. The molecule has 0 aliphatic heterocycles. The molecule has 8 rings (SSSR count). The van der Waals surface area contributed by atoms with Crippen molar-refractivity contribution in [1.29, 1.82) is 0 Å². The van der Waals surface area contributed by atoms with E-state index in [1.54, 1.807) is 5.56 Å². The normalized spacial score (nSPS) is 27.9. The smallest absolute Gasteiger partial charge is 0.0624 e. The third-order valence-electron chi connectivity index (χ3n) is 10.2. The van der Waals surface area contributed by atoms with E-state index in [2.05, 4.69) is 101 Å². The minimum atomic E-state index is -0.454. The fraction of sp³-hybridized carbons (Fsp3) is 0.353. The van der Waals surface area contributed by atoms with Gasteiger partial charge in [0.05, 0.1) is 5.16 Å². The molecule has 192 valence electrons. The van der Waals surface area contributed by atoms with E-state index in [0.29, 0.717) is 0 Å². The largest absolute Gasteiger partial charge is 0.264 e. The van der Waals surface area contributed by atoms with Gasteiger partial charge in [0, 0.05) is 30.2 Å². The first-order chi connectivity index (χ1) is 18.6. The molecule has 0 radical (unpaired) electrons. The Hall–Kier alpha value is -2.40. The van der Waals surface area contributed by atoms with E-state index in [-0.39, 0.29) is 5.41 Å². The summed E-state index contributed by atoms with van der Waals surface area (Å²) >= 11 is 0. The van der Waals surface area contributed by atoms with Gasteiger partial charge in [0.15, 0.2) is 0 Å². The summed E-state index contributed by atoms with van der Waals surface area (Å²) in [4.78, 5) is 9.19. The lowest BCUT2D eigenvalue weighted by Crippen LogP contribution is -2.57. The molecule has 4 heteroatoms. The number of hydrogen-bond donors (Lipinski definition) is 0. The van der Waals surface area contributed by atoms with Crippen LogP contribution in [-0.4, -0.2) is 16.1 Å². The third kappa shape index (κ3) is 3.75. The highest BCUT2D eigenvalue weighted by molar-refractivity contribution is 7.19. The zero-order valence-electron chi connectivity index (χ0n) is 21.8. The molecule has 0 spiro atoms. The van der Waals surface area contributed by atoms with Crippen molar-refractivity contribution in [3.05, 3.63) is 120 Å². The van der Waals surface area contributed by atoms with Gasteiger partial charge >= 0.3 is 0 Å². The Morgan fingerprint density at radius 2 is 1.32 bits per heavy atom. The lowest BCUT2D eigenvalue weighted by molar-refractivity contribution is -0.0504. The molecule has 2 unspecified atom stereocenters. The van der Waals surface area contributed by atoms with E-state index in [0.717, 1.165) is 29.8 Å². The zero-order chi connectivity index (χ0) is 25.7. The number of nitrogens with zero attached hydrogens (tertiary/aromatic N) is 2. The van der Waals surface area contributed by atoms with Crippen molar-refractivity contribution in [2.24, 2.45) is 23.7 Å². The van der Waals surface area contributed by atoms with Crippen molar-refractivity contribution in [2.45, 2.75) is 42.7 Å². The molecule has 2 heterocycles. The maximum Gasteiger partial charge on any atom is 0.0624 e. The average Bonchev–Trinajstić information content (AvgIpc) is 2.98. The summed E-state index contributed by atoms with van der Waals surface area (Å²) in [6.07, 6.45) is 16.0. The van der Waals surface area contributed by atoms with E-state index in [9.17, 15) is 0 Å². The van der Waals surface area contributed by atoms with Gasteiger partial charge < -0.3 is 0 Å².